The molecule has 0 spiro atoms. The topological polar surface area (TPSA) is 89.5 Å². The van der Waals surface area contributed by atoms with Gasteiger partial charge in [0.2, 0.25) is 15.9 Å². The molecule has 7 heteroatoms. The lowest BCUT2D eigenvalue weighted by atomic mass is 10.0. The molecule has 0 fully saturated rings. The molecule has 0 aromatic heterocycles. The number of esters is 1. The quantitative estimate of drug-likeness (QED) is 0.507. The van der Waals surface area contributed by atoms with Crippen molar-refractivity contribution in [1.82, 2.24) is 4.72 Å². The first kappa shape index (κ1) is 17.7. The molecule has 0 atom stereocenters. The van der Waals surface area contributed by atoms with Gasteiger partial charge in [0.1, 0.15) is 5.75 Å². The number of rotatable bonds is 5. The normalized spacial score (nSPS) is 11.1. The maximum absolute atomic E-state index is 11.6. The Morgan fingerprint density at radius 2 is 1.75 bits per heavy atom. The van der Waals surface area contributed by atoms with Crippen LogP contribution in [0.5, 0.6) is 5.75 Å². The Morgan fingerprint density at radius 1 is 1.12 bits per heavy atom. The van der Waals surface area contributed by atoms with Crippen LogP contribution in [0.25, 0.3) is 10.8 Å². The van der Waals surface area contributed by atoms with Gasteiger partial charge in [-0.25, -0.2) is 13.2 Å². The SMILES string of the molecule is C=C(C)C(=O)Oc1ccc2cc(CC(=O)NS(C)(=O)=O)ccc2c1. The summed E-state index contributed by atoms with van der Waals surface area (Å²) in [7, 11) is -3.57. The zero-order valence-corrected chi connectivity index (χ0v) is 14.1. The van der Waals surface area contributed by atoms with Crippen molar-refractivity contribution >= 4 is 32.7 Å². The lowest BCUT2D eigenvalue weighted by Gasteiger charge is -2.07. The standard InChI is InChI=1S/C17H17NO5S/c1-11(2)17(20)23-15-7-6-13-8-12(4-5-14(13)10-15)9-16(19)18-24(3,21)22/h4-8,10H,1,9H2,2-3H3,(H,18,19). The lowest BCUT2D eigenvalue weighted by molar-refractivity contribution is -0.130. The second kappa shape index (κ2) is 6.84. The molecule has 1 N–H and O–H groups in total. The Bertz CT molecular complexity index is 931. The van der Waals surface area contributed by atoms with Crippen molar-refractivity contribution in [2.24, 2.45) is 0 Å². The zero-order chi connectivity index (χ0) is 17.9. The number of fused-ring (bicyclic) bond motifs is 1. The van der Waals surface area contributed by atoms with Crippen molar-refractivity contribution in [3.63, 3.8) is 0 Å². The van der Waals surface area contributed by atoms with E-state index in [0.29, 0.717) is 16.9 Å². The summed E-state index contributed by atoms with van der Waals surface area (Å²) in [6, 6.07) is 10.4. The molecule has 6 nitrogen and oxygen atoms in total. The summed E-state index contributed by atoms with van der Waals surface area (Å²) >= 11 is 0. The van der Waals surface area contributed by atoms with Gasteiger partial charge in [-0.2, -0.15) is 0 Å². The van der Waals surface area contributed by atoms with E-state index in [4.69, 9.17) is 4.74 Å². The summed E-state index contributed by atoms with van der Waals surface area (Å²) in [5, 5.41) is 1.67. The summed E-state index contributed by atoms with van der Waals surface area (Å²) in [5.41, 5.74) is 0.984. The first-order chi connectivity index (χ1) is 11.1. The fourth-order valence-corrected chi connectivity index (χ4v) is 2.55. The van der Waals surface area contributed by atoms with Crippen molar-refractivity contribution in [1.29, 1.82) is 0 Å². The average molecular weight is 347 g/mol. The molecule has 0 aliphatic rings. The molecule has 0 saturated heterocycles. The Labute approximate surface area is 140 Å². The van der Waals surface area contributed by atoms with Gasteiger partial charge in [0, 0.05) is 5.57 Å². The Morgan fingerprint density at radius 3 is 2.38 bits per heavy atom. The fraction of sp³-hybridized carbons (Fsp3) is 0.176. The van der Waals surface area contributed by atoms with Crippen LogP contribution in [-0.4, -0.2) is 26.6 Å². The number of hydrogen-bond acceptors (Lipinski definition) is 5. The number of carbonyl (C=O) groups is 2. The highest BCUT2D eigenvalue weighted by Gasteiger charge is 2.10. The van der Waals surface area contributed by atoms with Crippen LogP contribution < -0.4 is 9.46 Å². The maximum atomic E-state index is 11.6. The number of nitrogens with one attached hydrogen (secondary N) is 1. The third-order valence-electron chi connectivity index (χ3n) is 3.10. The van der Waals surface area contributed by atoms with Crippen LogP contribution in [0.15, 0.2) is 48.6 Å². The van der Waals surface area contributed by atoms with E-state index < -0.39 is 21.9 Å². The molecule has 0 heterocycles. The molecular weight excluding hydrogens is 330 g/mol. The number of carbonyl (C=O) groups excluding carboxylic acids is 2. The average Bonchev–Trinajstić information content (AvgIpc) is 2.45. The monoisotopic (exact) mass is 347 g/mol. The highest BCUT2D eigenvalue weighted by molar-refractivity contribution is 7.89. The summed E-state index contributed by atoms with van der Waals surface area (Å²) in [5.74, 6) is -0.689. The number of amides is 1. The van der Waals surface area contributed by atoms with E-state index in [0.717, 1.165) is 17.0 Å². The van der Waals surface area contributed by atoms with E-state index in [1.54, 1.807) is 43.3 Å². The fourth-order valence-electron chi connectivity index (χ4n) is 2.07. The predicted molar refractivity (Wildman–Crippen MR) is 91.1 cm³/mol. The van der Waals surface area contributed by atoms with E-state index in [1.807, 2.05) is 4.72 Å². The maximum Gasteiger partial charge on any atom is 0.338 e. The van der Waals surface area contributed by atoms with Crippen molar-refractivity contribution in [3.8, 4) is 5.75 Å². The smallest absolute Gasteiger partial charge is 0.338 e. The Kier molecular flexibility index (Phi) is 5.04. The van der Waals surface area contributed by atoms with Gasteiger partial charge in [0.05, 0.1) is 12.7 Å². The van der Waals surface area contributed by atoms with Gasteiger partial charge in [-0.05, 0) is 35.4 Å². The highest BCUT2D eigenvalue weighted by Crippen LogP contribution is 2.23. The summed E-state index contributed by atoms with van der Waals surface area (Å²) < 4.78 is 29.2. The molecule has 1 amide bonds. The molecule has 0 radical (unpaired) electrons. The predicted octanol–water partition coefficient (Wildman–Crippen LogP) is 1.94. The van der Waals surface area contributed by atoms with Gasteiger partial charge >= 0.3 is 5.97 Å². The van der Waals surface area contributed by atoms with E-state index in [1.165, 1.54) is 0 Å². The van der Waals surface area contributed by atoms with Crippen LogP contribution in [0, 0.1) is 0 Å². The van der Waals surface area contributed by atoms with Crippen molar-refractivity contribution in [3.05, 3.63) is 54.1 Å². The molecule has 0 aliphatic carbocycles. The molecule has 0 aliphatic heterocycles. The van der Waals surface area contributed by atoms with Crippen molar-refractivity contribution < 1.29 is 22.7 Å². The van der Waals surface area contributed by atoms with Crippen LogP contribution in [0.4, 0.5) is 0 Å². The lowest BCUT2D eigenvalue weighted by Crippen LogP contribution is -2.30. The van der Waals surface area contributed by atoms with Crippen LogP contribution in [-0.2, 0) is 26.0 Å². The minimum Gasteiger partial charge on any atom is -0.423 e. The molecule has 126 valence electrons. The minimum atomic E-state index is -3.57. The van der Waals surface area contributed by atoms with Gasteiger partial charge in [0.15, 0.2) is 0 Å². The molecule has 2 aromatic carbocycles. The third-order valence-corrected chi connectivity index (χ3v) is 3.70. The van der Waals surface area contributed by atoms with E-state index >= 15 is 0 Å². The molecule has 0 unspecified atom stereocenters. The molecule has 0 bridgehead atoms. The third kappa shape index (κ3) is 4.92. The second-order valence-electron chi connectivity index (χ2n) is 5.49. The minimum absolute atomic E-state index is 0.0462. The summed E-state index contributed by atoms with van der Waals surface area (Å²) in [6.07, 6.45) is 0.883. The van der Waals surface area contributed by atoms with Crippen molar-refractivity contribution in [2.75, 3.05) is 6.26 Å². The Hall–Kier alpha value is -2.67. The van der Waals surface area contributed by atoms with Crippen LogP contribution >= 0.6 is 0 Å². The van der Waals surface area contributed by atoms with Gasteiger partial charge in [-0.3, -0.25) is 9.52 Å². The zero-order valence-electron chi connectivity index (χ0n) is 13.3. The number of benzene rings is 2. The first-order valence-electron chi connectivity index (χ1n) is 7.05. The largest absolute Gasteiger partial charge is 0.423 e. The molecule has 2 aromatic rings. The number of hydrogen-bond donors (Lipinski definition) is 1. The Balaban J connectivity index is 2.19. The van der Waals surface area contributed by atoms with Gasteiger partial charge in [0.25, 0.3) is 0 Å². The molecule has 2 rings (SSSR count). The molecular formula is C17H17NO5S. The van der Waals surface area contributed by atoms with Gasteiger partial charge < -0.3 is 4.74 Å². The summed E-state index contributed by atoms with van der Waals surface area (Å²) in [6.45, 7) is 5.09. The van der Waals surface area contributed by atoms with Crippen LogP contribution in [0.2, 0.25) is 0 Å². The molecule has 24 heavy (non-hydrogen) atoms. The van der Waals surface area contributed by atoms with Crippen molar-refractivity contribution in [2.45, 2.75) is 13.3 Å². The van der Waals surface area contributed by atoms with Gasteiger partial charge in [-0.1, -0.05) is 30.8 Å². The van der Waals surface area contributed by atoms with Gasteiger partial charge in [-0.15, -0.1) is 0 Å². The van der Waals surface area contributed by atoms with Crippen LogP contribution in [0.3, 0.4) is 0 Å². The molecule has 0 saturated carbocycles. The first-order valence-corrected chi connectivity index (χ1v) is 8.94. The highest BCUT2D eigenvalue weighted by atomic mass is 32.2. The van der Waals surface area contributed by atoms with E-state index in [9.17, 15) is 18.0 Å². The van der Waals surface area contributed by atoms with E-state index in [-0.39, 0.29) is 6.42 Å². The summed E-state index contributed by atoms with van der Waals surface area (Å²) in [4.78, 5) is 23.2. The number of sulfonamides is 1. The second-order valence-corrected chi connectivity index (χ2v) is 7.24. The number of ether oxygens (including phenoxy) is 1. The van der Waals surface area contributed by atoms with E-state index in [2.05, 4.69) is 6.58 Å². The van der Waals surface area contributed by atoms with Crippen LogP contribution in [0.1, 0.15) is 12.5 Å².